The molecule has 20 heavy (non-hydrogen) atoms. The molecule has 1 N–H and O–H groups in total. The van der Waals surface area contributed by atoms with Crippen molar-refractivity contribution in [3.05, 3.63) is 41.7 Å². The summed E-state index contributed by atoms with van der Waals surface area (Å²) < 4.78 is 8.05. The van der Waals surface area contributed by atoms with Gasteiger partial charge in [0.2, 0.25) is 5.95 Å². The molecule has 2 aliphatic rings. The third-order valence-electron chi connectivity index (χ3n) is 4.03. The maximum atomic E-state index is 5.76. The van der Waals surface area contributed by atoms with Gasteiger partial charge in [-0.15, -0.1) is 0 Å². The molecule has 1 aliphatic heterocycles. The van der Waals surface area contributed by atoms with Gasteiger partial charge in [-0.3, -0.25) is 0 Å². The highest BCUT2D eigenvalue weighted by atomic mass is 16.5. The summed E-state index contributed by atoms with van der Waals surface area (Å²) in [6.45, 7) is 2.82. The monoisotopic (exact) mass is 269 g/mol. The van der Waals surface area contributed by atoms with Crippen LogP contribution in [0.2, 0.25) is 0 Å². The highest BCUT2D eigenvalue weighted by molar-refractivity contribution is 5.41. The van der Waals surface area contributed by atoms with Gasteiger partial charge in [-0.1, -0.05) is 18.2 Å². The number of rotatable bonds is 3. The van der Waals surface area contributed by atoms with Crippen molar-refractivity contribution in [2.24, 2.45) is 0 Å². The first kappa shape index (κ1) is 11.8. The molecule has 0 bridgehead atoms. The Morgan fingerprint density at radius 3 is 2.95 bits per heavy atom. The quantitative estimate of drug-likeness (QED) is 0.930. The third kappa shape index (κ3) is 2.05. The van der Waals surface area contributed by atoms with E-state index in [9.17, 15) is 0 Å². The SMILES string of the molecule is Cc1cn(C2CCOc3ccccc32)c(NC2CC2)n1. The predicted octanol–water partition coefficient (Wildman–Crippen LogP) is 3.14. The zero-order chi connectivity index (χ0) is 13.5. The molecule has 1 aromatic carbocycles. The van der Waals surface area contributed by atoms with Gasteiger partial charge in [0, 0.05) is 24.2 Å². The molecule has 4 nitrogen and oxygen atoms in total. The number of ether oxygens (including phenoxy) is 1. The first-order valence-corrected chi connectivity index (χ1v) is 7.35. The van der Waals surface area contributed by atoms with E-state index in [2.05, 4.69) is 46.2 Å². The minimum atomic E-state index is 0.322. The Morgan fingerprint density at radius 1 is 1.25 bits per heavy atom. The van der Waals surface area contributed by atoms with Crippen LogP contribution in [0.3, 0.4) is 0 Å². The Hall–Kier alpha value is -1.97. The summed E-state index contributed by atoms with van der Waals surface area (Å²) in [5.41, 5.74) is 2.33. The normalized spacial score (nSPS) is 21.1. The minimum absolute atomic E-state index is 0.322. The Balaban J connectivity index is 1.74. The van der Waals surface area contributed by atoms with Gasteiger partial charge in [0.25, 0.3) is 0 Å². The first-order chi connectivity index (χ1) is 9.81. The van der Waals surface area contributed by atoms with Crippen LogP contribution in [-0.4, -0.2) is 22.2 Å². The molecule has 0 saturated heterocycles. The van der Waals surface area contributed by atoms with Crippen LogP contribution < -0.4 is 10.1 Å². The average molecular weight is 269 g/mol. The number of hydrogen-bond acceptors (Lipinski definition) is 3. The van der Waals surface area contributed by atoms with Crippen molar-refractivity contribution >= 4 is 5.95 Å². The third-order valence-corrected chi connectivity index (χ3v) is 4.03. The Bertz CT molecular complexity index is 630. The molecule has 1 unspecified atom stereocenters. The summed E-state index contributed by atoms with van der Waals surface area (Å²) >= 11 is 0. The van der Waals surface area contributed by atoms with Crippen molar-refractivity contribution in [1.82, 2.24) is 9.55 Å². The Labute approximate surface area is 118 Å². The van der Waals surface area contributed by atoms with Crippen LogP contribution >= 0.6 is 0 Å². The van der Waals surface area contributed by atoms with Crippen LogP contribution in [0, 0.1) is 6.92 Å². The minimum Gasteiger partial charge on any atom is -0.493 e. The van der Waals surface area contributed by atoms with Gasteiger partial charge in [0.15, 0.2) is 0 Å². The number of hydrogen-bond donors (Lipinski definition) is 1. The number of fused-ring (bicyclic) bond motifs is 1. The van der Waals surface area contributed by atoms with Gasteiger partial charge in [-0.05, 0) is 25.8 Å². The number of para-hydroxylation sites is 1. The Kier molecular flexibility index (Phi) is 2.69. The topological polar surface area (TPSA) is 39.1 Å². The van der Waals surface area contributed by atoms with Crippen LogP contribution in [0.1, 0.15) is 36.6 Å². The lowest BCUT2D eigenvalue weighted by atomic mass is 10.0. The molecule has 2 aromatic rings. The van der Waals surface area contributed by atoms with Crippen molar-refractivity contribution in [3.63, 3.8) is 0 Å². The average Bonchev–Trinajstić information content (AvgIpc) is 3.20. The molecule has 104 valence electrons. The largest absolute Gasteiger partial charge is 0.493 e. The second-order valence-electron chi connectivity index (χ2n) is 5.72. The summed E-state index contributed by atoms with van der Waals surface area (Å²) in [5, 5.41) is 3.54. The van der Waals surface area contributed by atoms with Crippen molar-refractivity contribution in [1.29, 1.82) is 0 Å². The van der Waals surface area contributed by atoms with Crippen molar-refractivity contribution in [2.75, 3.05) is 11.9 Å². The molecule has 1 aromatic heterocycles. The number of nitrogens with one attached hydrogen (secondary N) is 1. The number of anilines is 1. The predicted molar refractivity (Wildman–Crippen MR) is 78.3 cm³/mol. The molecular formula is C16H19N3O. The maximum Gasteiger partial charge on any atom is 0.203 e. The second-order valence-corrected chi connectivity index (χ2v) is 5.72. The second kappa shape index (κ2) is 4.54. The van der Waals surface area contributed by atoms with Gasteiger partial charge >= 0.3 is 0 Å². The van der Waals surface area contributed by atoms with E-state index in [0.717, 1.165) is 30.4 Å². The van der Waals surface area contributed by atoms with E-state index >= 15 is 0 Å². The van der Waals surface area contributed by atoms with Crippen LogP contribution in [0.4, 0.5) is 5.95 Å². The van der Waals surface area contributed by atoms with E-state index in [1.165, 1.54) is 18.4 Å². The van der Waals surface area contributed by atoms with E-state index in [4.69, 9.17) is 4.74 Å². The zero-order valence-corrected chi connectivity index (χ0v) is 11.7. The molecule has 1 saturated carbocycles. The van der Waals surface area contributed by atoms with E-state index in [1.54, 1.807) is 0 Å². The standard InChI is InChI=1S/C16H19N3O/c1-11-10-19(16(17-11)18-12-6-7-12)14-8-9-20-15-5-3-2-4-13(14)15/h2-5,10,12,14H,6-9H2,1H3,(H,17,18). The molecule has 0 spiro atoms. The van der Waals surface area contributed by atoms with Crippen LogP contribution in [0.15, 0.2) is 30.5 Å². The zero-order valence-electron chi connectivity index (χ0n) is 11.7. The lowest BCUT2D eigenvalue weighted by molar-refractivity contribution is 0.257. The molecule has 2 heterocycles. The summed E-state index contributed by atoms with van der Waals surface area (Å²) in [7, 11) is 0. The number of aromatic nitrogens is 2. The highest BCUT2D eigenvalue weighted by Crippen LogP contribution is 2.37. The molecule has 4 heteroatoms. The molecule has 4 rings (SSSR count). The lowest BCUT2D eigenvalue weighted by Crippen LogP contribution is -2.21. The van der Waals surface area contributed by atoms with E-state index in [0.29, 0.717) is 12.1 Å². The van der Waals surface area contributed by atoms with Crippen molar-refractivity contribution < 1.29 is 4.74 Å². The van der Waals surface area contributed by atoms with Gasteiger partial charge < -0.3 is 14.6 Å². The van der Waals surface area contributed by atoms with Crippen LogP contribution in [0.25, 0.3) is 0 Å². The molecule has 1 atom stereocenters. The molecule has 1 aliphatic carbocycles. The van der Waals surface area contributed by atoms with Gasteiger partial charge in [0.1, 0.15) is 5.75 Å². The van der Waals surface area contributed by atoms with Gasteiger partial charge in [0.05, 0.1) is 18.3 Å². The Morgan fingerprint density at radius 2 is 2.10 bits per heavy atom. The fourth-order valence-corrected chi connectivity index (χ4v) is 2.88. The number of aryl methyl sites for hydroxylation is 1. The number of imidazole rings is 1. The van der Waals surface area contributed by atoms with Gasteiger partial charge in [-0.25, -0.2) is 4.98 Å². The number of nitrogens with zero attached hydrogens (tertiary/aromatic N) is 2. The van der Waals surface area contributed by atoms with E-state index in [1.807, 2.05) is 6.07 Å². The van der Waals surface area contributed by atoms with E-state index < -0.39 is 0 Å². The smallest absolute Gasteiger partial charge is 0.203 e. The fourth-order valence-electron chi connectivity index (χ4n) is 2.88. The summed E-state index contributed by atoms with van der Waals surface area (Å²) in [6, 6.07) is 9.27. The summed E-state index contributed by atoms with van der Waals surface area (Å²) in [5.74, 6) is 2.01. The highest BCUT2D eigenvalue weighted by Gasteiger charge is 2.28. The van der Waals surface area contributed by atoms with Crippen LogP contribution in [0.5, 0.6) is 5.75 Å². The lowest BCUT2D eigenvalue weighted by Gasteiger charge is -2.28. The molecule has 1 fully saturated rings. The maximum absolute atomic E-state index is 5.76. The molecule has 0 amide bonds. The van der Waals surface area contributed by atoms with E-state index in [-0.39, 0.29) is 0 Å². The number of benzene rings is 1. The van der Waals surface area contributed by atoms with Crippen molar-refractivity contribution in [3.8, 4) is 5.75 Å². The van der Waals surface area contributed by atoms with Gasteiger partial charge in [-0.2, -0.15) is 0 Å². The van der Waals surface area contributed by atoms with Crippen LogP contribution in [-0.2, 0) is 0 Å². The van der Waals surface area contributed by atoms with Crippen molar-refractivity contribution in [2.45, 2.75) is 38.3 Å². The first-order valence-electron chi connectivity index (χ1n) is 7.35. The molecular weight excluding hydrogens is 250 g/mol. The fraction of sp³-hybridized carbons (Fsp3) is 0.438. The summed E-state index contributed by atoms with van der Waals surface area (Å²) in [4.78, 5) is 4.65. The summed E-state index contributed by atoms with van der Waals surface area (Å²) in [6.07, 6.45) is 5.66. The molecule has 0 radical (unpaired) electrons.